The van der Waals surface area contributed by atoms with E-state index < -0.39 is 5.91 Å². The third-order valence-electron chi connectivity index (χ3n) is 4.85. The molecule has 0 radical (unpaired) electrons. The summed E-state index contributed by atoms with van der Waals surface area (Å²) in [5, 5.41) is 0. The Labute approximate surface area is 152 Å². The number of morpholine rings is 1. The number of aliphatic imine (C=N–C) groups is 1. The number of ether oxygens (including phenoxy) is 1. The van der Waals surface area contributed by atoms with Crippen LogP contribution in [0.25, 0.3) is 16.8 Å². The van der Waals surface area contributed by atoms with E-state index in [9.17, 15) is 4.79 Å². The molecule has 6 nitrogen and oxygen atoms in total. The van der Waals surface area contributed by atoms with Gasteiger partial charge >= 0.3 is 0 Å². The highest BCUT2D eigenvalue weighted by molar-refractivity contribution is 6.01. The minimum Gasteiger partial charge on any atom is -0.378 e. The Bertz CT molecular complexity index is 858. The number of carbonyl (C=O) groups is 1. The lowest BCUT2D eigenvalue weighted by atomic mass is 10.1. The average Bonchev–Trinajstić information content (AvgIpc) is 3.15. The SMILES string of the molecule is NC(=O)c1cc(C2=CC=NCC2)[nH]c1-c1ccc(N2CCOCC2)cc1. The van der Waals surface area contributed by atoms with Gasteiger partial charge in [-0.25, -0.2) is 0 Å². The van der Waals surface area contributed by atoms with Crippen molar-refractivity contribution >= 4 is 23.4 Å². The van der Waals surface area contributed by atoms with Crippen LogP contribution in [0.5, 0.6) is 0 Å². The Hall–Kier alpha value is -2.86. The van der Waals surface area contributed by atoms with Crippen LogP contribution >= 0.6 is 0 Å². The number of benzene rings is 1. The number of aromatic nitrogens is 1. The van der Waals surface area contributed by atoms with Gasteiger partial charge in [-0.15, -0.1) is 0 Å². The first kappa shape index (κ1) is 16.6. The number of primary amides is 1. The van der Waals surface area contributed by atoms with Gasteiger partial charge in [-0.1, -0.05) is 12.1 Å². The summed E-state index contributed by atoms with van der Waals surface area (Å²) < 4.78 is 5.40. The molecule has 1 amide bonds. The van der Waals surface area contributed by atoms with Gasteiger partial charge in [-0.2, -0.15) is 0 Å². The standard InChI is InChI=1S/C20H22N4O2/c21-20(25)17-13-18(14-5-7-22-8-6-14)23-19(17)15-1-3-16(4-2-15)24-9-11-26-12-10-24/h1-5,7,13,23H,6,8-12H2,(H2,21,25). The zero-order valence-electron chi connectivity index (χ0n) is 14.6. The second-order valence-corrected chi connectivity index (χ2v) is 6.48. The first-order valence-electron chi connectivity index (χ1n) is 8.87. The van der Waals surface area contributed by atoms with Crippen LogP contribution < -0.4 is 10.6 Å². The van der Waals surface area contributed by atoms with Crippen LogP contribution in [0.15, 0.2) is 41.4 Å². The molecule has 1 aromatic carbocycles. The van der Waals surface area contributed by atoms with E-state index in [1.54, 1.807) is 6.21 Å². The van der Waals surface area contributed by atoms with Crippen molar-refractivity contribution in [3.63, 3.8) is 0 Å². The van der Waals surface area contributed by atoms with Gasteiger partial charge in [-0.05, 0) is 41.8 Å². The molecule has 4 rings (SSSR count). The normalized spacial score (nSPS) is 17.2. The van der Waals surface area contributed by atoms with Crippen molar-refractivity contribution in [3.05, 3.63) is 47.7 Å². The highest BCUT2D eigenvalue weighted by atomic mass is 16.5. The maximum Gasteiger partial charge on any atom is 0.250 e. The van der Waals surface area contributed by atoms with Crippen LogP contribution in [0.2, 0.25) is 0 Å². The van der Waals surface area contributed by atoms with Crippen molar-refractivity contribution < 1.29 is 9.53 Å². The summed E-state index contributed by atoms with van der Waals surface area (Å²) >= 11 is 0. The summed E-state index contributed by atoms with van der Waals surface area (Å²) in [5.74, 6) is -0.426. The second kappa shape index (κ2) is 7.17. The molecule has 134 valence electrons. The van der Waals surface area contributed by atoms with E-state index in [-0.39, 0.29) is 0 Å². The van der Waals surface area contributed by atoms with E-state index in [0.717, 1.165) is 67.5 Å². The molecule has 2 aliphatic rings. The van der Waals surface area contributed by atoms with Crippen LogP contribution in [0.4, 0.5) is 5.69 Å². The number of dihydropyridines is 1. The number of carbonyl (C=O) groups excluding carboxylic acids is 1. The molecular formula is C20H22N4O2. The molecule has 26 heavy (non-hydrogen) atoms. The van der Waals surface area contributed by atoms with E-state index in [0.29, 0.717) is 5.56 Å². The summed E-state index contributed by atoms with van der Waals surface area (Å²) in [5.41, 5.74) is 11.1. The Morgan fingerprint density at radius 2 is 1.96 bits per heavy atom. The van der Waals surface area contributed by atoms with Gasteiger partial charge in [-0.3, -0.25) is 9.79 Å². The fourth-order valence-corrected chi connectivity index (χ4v) is 3.42. The summed E-state index contributed by atoms with van der Waals surface area (Å²) in [4.78, 5) is 21.8. The summed E-state index contributed by atoms with van der Waals surface area (Å²) in [6.45, 7) is 4.07. The minimum absolute atomic E-state index is 0.426. The molecule has 3 heterocycles. The summed E-state index contributed by atoms with van der Waals surface area (Å²) in [7, 11) is 0. The predicted molar refractivity (Wildman–Crippen MR) is 104 cm³/mol. The van der Waals surface area contributed by atoms with Crippen LogP contribution in [-0.4, -0.2) is 50.0 Å². The van der Waals surface area contributed by atoms with Gasteiger partial charge in [0, 0.05) is 37.2 Å². The zero-order chi connectivity index (χ0) is 17.9. The van der Waals surface area contributed by atoms with E-state index in [1.807, 2.05) is 24.3 Å². The number of rotatable bonds is 4. The number of allylic oxidation sites excluding steroid dienone is 1. The van der Waals surface area contributed by atoms with Crippen molar-refractivity contribution in [1.29, 1.82) is 0 Å². The fraction of sp³-hybridized carbons (Fsp3) is 0.300. The van der Waals surface area contributed by atoms with Crippen LogP contribution in [0.1, 0.15) is 22.5 Å². The maximum atomic E-state index is 11.9. The third kappa shape index (κ3) is 3.28. The lowest BCUT2D eigenvalue weighted by Crippen LogP contribution is -2.36. The molecule has 0 aliphatic carbocycles. The van der Waals surface area contributed by atoms with Gasteiger partial charge < -0.3 is 20.4 Å². The number of hydrogen-bond donors (Lipinski definition) is 2. The molecule has 0 unspecified atom stereocenters. The molecule has 0 atom stereocenters. The largest absolute Gasteiger partial charge is 0.378 e. The highest BCUT2D eigenvalue weighted by Crippen LogP contribution is 2.30. The molecule has 0 saturated carbocycles. The first-order valence-corrected chi connectivity index (χ1v) is 8.87. The Morgan fingerprint density at radius 3 is 2.62 bits per heavy atom. The fourth-order valence-electron chi connectivity index (χ4n) is 3.42. The monoisotopic (exact) mass is 350 g/mol. The Morgan fingerprint density at radius 1 is 1.19 bits per heavy atom. The highest BCUT2D eigenvalue weighted by Gasteiger charge is 2.18. The van der Waals surface area contributed by atoms with Crippen LogP contribution in [0, 0.1) is 0 Å². The molecule has 1 aromatic heterocycles. The third-order valence-corrected chi connectivity index (χ3v) is 4.85. The molecule has 0 bridgehead atoms. The Kier molecular flexibility index (Phi) is 4.58. The number of amides is 1. The lowest BCUT2D eigenvalue weighted by Gasteiger charge is -2.28. The van der Waals surface area contributed by atoms with E-state index >= 15 is 0 Å². The molecular weight excluding hydrogens is 328 g/mol. The second-order valence-electron chi connectivity index (χ2n) is 6.48. The molecule has 1 fully saturated rings. The number of nitrogens with two attached hydrogens (primary N) is 1. The first-order chi connectivity index (χ1) is 12.7. The number of nitrogens with zero attached hydrogens (tertiary/aromatic N) is 2. The maximum absolute atomic E-state index is 11.9. The van der Waals surface area contributed by atoms with Crippen molar-refractivity contribution in [1.82, 2.24) is 4.98 Å². The Balaban J connectivity index is 1.65. The number of nitrogens with one attached hydrogen (secondary N) is 1. The summed E-state index contributed by atoms with van der Waals surface area (Å²) in [6, 6.07) is 10.1. The van der Waals surface area contributed by atoms with E-state index in [2.05, 4.69) is 27.0 Å². The van der Waals surface area contributed by atoms with Gasteiger partial charge in [0.2, 0.25) is 0 Å². The number of anilines is 1. The predicted octanol–water partition coefficient (Wildman–Crippen LogP) is 2.48. The molecule has 2 aliphatic heterocycles. The van der Waals surface area contributed by atoms with Crippen LogP contribution in [0.3, 0.4) is 0 Å². The molecule has 3 N–H and O–H groups in total. The smallest absolute Gasteiger partial charge is 0.250 e. The minimum atomic E-state index is -0.426. The molecule has 6 heteroatoms. The number of aromatic amines is 1. The average molecular weight is 350 g/mol. The van der Waals surface area contributed by atoms with Gasteiger partial charge in [0.05, 0.1) is 24.5 Å². The topological polar surface area (TPSA) is 83.7 Å². The van der Waals surface area contributed by atoms with Crippen molar-refractivity contribution in [2.45, 2.75) is 6.42 Å². The van der Waals surface area contributed by atoms with Crippen molar-refractivity contribution in [3.8, 4) is 11.3 Å². The lowest BCUT2D eigenvalue weighted by molar-refractivity contribution is 0.100. The van der Waals surface area contributed by atoms with Gasteiger partial charge in [0.25, 0.3) is 5.91 Å². The molecule has 1 saturated heterocycles. The number of hydrogen-bond acceptors (Lipinski definition) is 4. The van der Waals surface area contributed by atoms with Crippen LogP contribution in [-0.2, 0) is 4.74 Å². The van der Waals surface area contributed by atoms with Crippen molar-refractivity contribution in [2.75, 3.05) is 37.7 Å². The van der Waals surface area contributed by atoms with E-state index in [1.165, 1.54) is 0 Å². The van der Waals surface area contributed by atoms with Crippen molar-refractivity contribution in [2.24, 2.45) is 10.7 Å². The summed E-state index contributed by atoms with van der Waals surface area (Å²) in [6.07, 6.45) is 4.64. The quantitative estimate of drug-likeness (QED) is 0.888. The van der Waals surface area contributed by atoms with E-state index in [4.69, 9.17) is 10.5 Å². The van der Waals surface area contributed by atoms with Gasteiger partial charge in [0.1, 0.15) is 0 Å². The molecule has 2 aromatic rings. The number of H-pyrrole nitrogens is 1. The molecule has 0 spiro atoms. The zero-order valence-corrected chi connectivity index (χ0v) is 14.6. The van der Waals surface area contributed by atoms with Gasteiger partial charge in [0.15, 0.2) is 0 Å².